The van der Waals surface area contributed by atoms with Gasteiger partial charge in [0.25, 0.3) is 0 Å². The van der Waals surface area contributed by atoms with Crippen molar-refractivity contribution in [2.45, 2.75) is 56.8 Å². The second kappa shape index (κ2) is 13.1. The molecule has 3 aliphatic carbocycles. The fraction of sp³-hybridized carbons (Fsp3) is 0.164. The van der Waals surface area contributed by atoms with E-state index < -0.39 is 0 Å². The van der Waals surface area contributed by atoms with Gasteiger partial charge in [0.15, 0.2) is 0 Å². The first-order valence-electron chi connectivity index (χ1n) is 20.6. The van der Waals surface area contributed by atoms with Gasteiger partial charge in [-0.25, -0.2) is 9.97 Å². The van der Waals surface area contributed by atoms with E-state index >= 15 is 0 Å². The molecule has 0 saturated heterocycles. The molecule has 0 aliphatic heterocycles. The molecule has 0 atom stereocenters. The molecule has 3 aliphatic rings. The Balaban J connectivity index is 1.08. The van der Waals surface area contributed by atoms with E-state index in [1.54, 1.807) is 5.56 Å². The van der Waals surface area contributed by atoms with Gasteiger partial charge in [-0.3, -0.25) is 0 Å². The predicted octanol–water partition coefficient (Wildman–Crippen LogP) is 14.3. The number of fused-ring (bicyclic) bond motifs is 8. The maximum Gasteiger partial charge on any atom is 0.0973 e. The Morgan fingerprint density at radius 1 is 0.351 bits per heavy atom. The van der Waals surface area contributed by atoms with E-state index in [2.05, 4.69) is 184 Å². The monoisotopic (exact) mass is 732 g/mol. The smallest absolute Gasteiger partial charge is 0.0973 e. The molecule has 0 unspecified atom stereocenters. The van der Waals surface area contributed by atoms with Crippen LogP contribution in [0.25, 0.3) is 78.4 Å². The summed E-state index contributed by atoms with van der Waals surface area (Å²) in [6.07, 6.45) is 6.29. The van der Waals surface area contributed by atoms with E-state index in [4.69, 9.17) is 9.97 Å². The minimum absolute atomic E-state index is 0.0494. The van der Waals surface area contributed by atoms with Crippen molar-refractivity contribution in [1.29, 1.82) is 0 Å². The maximum absolute atomic E-state index is 5.51. The quantitative estimate of drug-likeness (QED) is 0.176. The lowest BCUT2D eigenvalue weighted by molar-refractivity contribution is 0.353. The summed E-state index contributed by atoms with van der Waals surface area (Å²) in [5.74, 6) is 0. The molecule has 1 spiro atoms. The number of benzene rings is 7. The summed E-state index contributed by atoms with van der Waals surface area (Å²) in [5.41, 5.74) is 22.0. The topological polar surface area (TPSA) is 25.8 Å². The first kappa shape index (κ1) is 33.9. The van der Waals surface area contributed by atoms with Crippen molar-refractivity contribution in [2.24, 2.45) is 0 Å². The highest BCUT2D eigenvalue weighted by Crippen LogP contribution is 2.61. The summed E-state index contributed by atoms with van der Waals surface area (Å²) in [4.78, 5) is 11.0. The van der Waals surface area contributed by atoms with Crippen LogP contribution in [0.3, 0.4) is 0 Å². The molecule has 1 heterocycles. The summed E-state index contributed by atoms with van der Waals surface area (Å²) >= 11 is 0. The summed E-state index contributed by atoms with van der Waals surface area (Å²) < 4.78 is 0. The average molecular weight is 733 g/mol. The summed E-state index contributed by atoms with van der Waals surface area (Å²) in [6.45, 7) is 4.81. The highest BCUT2D eigenvalue weighted by atomic mass is 14.9. The Bertz CT molecular complexity index is 2810. The lowest BCUT2D eigenvalue weighted by Gasteiger charge is -2.36. The van der Waals surface area contributed by atoms with Crippen LogP contribution < -0.4 is 0 Å². The van der Waals surface area contributed by atoms with Gasteiger partial charge in [0.1, 0.15) is 0 Å². The van der Waals surface area contributed by atoms with Crippen molar-refractivity contribution in [3.05, 3.63) is 192 Å². The molecule has 274 valence electrons. The maximum atomic E-state index is 5.51. The Hall–Kier alpha value is -6.38. The zero-order valence-corrected chi connectivity index (χ0v) is 32.6. The summed E-state index contributed by atoms with van der Waals surface area (Å²) in [7, 11) is 0. The van der Waals surface area contributed by atoms with Crippen molar-refractivity contribution in [2.75, 3.05) is 0 Å². The van der Waals surface area contributed by atoms with E-state index in [9.17, 15) is 0 Å². The first-order chi connectivity index (χ1) is 28.0. The minimum atomic E-state index is -0.0494. The summed E-state index contributed by atoms with van der Waals surface area (Å²) in [6, 6.07) is 62.0. The van der Waals surface area contributed by atoms with Gasteiger partial charge >= 0.3 is 0 Å². The highest BCUT2D eigenvalue weighted by molar-refractivity contribution is 5.96. The second-order valence-corrected chi connectivity index (χ2v) is 16.8. The predicted molar refractivity (Wildman–Crippen MR) is 236 cm³/mol. The van der Waals surface area contributed by atoms with E-state index in [0.29, 0.717) is 0 Å². The zero-order chi connectivity index (χ0) is 38.1. The highest BCUT2D eigenvalue weighted by Gasteiger charge is 2.47. The van der Waals surface area contributed by atoms with Crippen molar-refractivity contribution in [1.82, 2.24) is 9.97 Å². The van der Waals surface area contributed by atoms with Crippen LogP contribution >= 0.6 is 0 Å². The molecule has 0 bridgehead atoms. The van der Waals surface area contributed by atoms with Gasteiger partial charge < -0.3 is 0 Å². The van der Waals surface area contributed by atoms with Crippen LogP contribution in [0.15, 0.2) is 170 Å². The van der Waals surface area contributed by atoms with E-state index in [1.807, 2.05) is 0 Å². The number of hydrogen-bond acceptors (Lipinski definition) is 2. The number of rotatable bonds is 5. The molecular weight excluding hydrogens is 689 g/mol. The van der Waals surface area contributed by atoms with E-state index in [1.165, 1.54) is 82.2 Å². The van der Waals surface area contributed by atoms with Crippen LogP contribution in [-0.4, -0.2) is 9.97 Å². The molecular formula is C55H44N2. The van der Waals surface area contributed by atoms with Gasteiger partial charge in [-0.05, 0) is 80.6 Å². The van der Waals surface area contributed by atoms with Crippen LogP contribution in [0.2, 0.25) is 0 Å². The van der Waals surface area contributed by atoms with E-state index in [0.717, 1.165) is 45.0 Å². The van der Waals surface area contributed by atoms with Gasteiger partial charge in [0, 0.05) is 33.1 Å². The lowest BCUT2D eigenvalue weighted by atomic mass is 9.67. The Morgan fingerprint density at radius 2 is 0.807 bits per heavy atom. The zero-order valence-electron chi connectivity index (χ0n) is 32.6. The average Bonchev–Trinajstić information content (AvgIpc) is 3.67. The SMILES string of the molecule is CC1(C)c2ccccc2-c2cc3c(cc21)-c1c(-c2ccc(-c4nc(-c5ccccc5)c(-c5ccccc5)nc4-c4ccccc4)cc2)cccc1C31CCCCC1. The van der Waals surface area contributed by atoms with Crippen LogP contribution in [0.5, 0.6) is 0 Å². The lowest BCUT2D eigenvalue weighted by Crippen LogP contribution is -2.28. The molecule has 11 rings (SSSR count). The molecule has 0 amide bonds. The van der Waals surface area contributed by atoms with E-state index in [-0.39, 0.29) is 10.8 Å². The van der Waals surface area contributed by atoms with Gasteiger partial charge in [0.2, 0.25) is 0 Å². The van der Waals surface area contributed by atoms with Crippen molar-refractivity contribution >= 4 is 0 Å². The fourth-order valence-corrected chi connectivity index (χ4v) is 10.5. The molecule has 1 aromatic heterocycles. The second-order valence-electron chi connectivity index (χ2n) is 16.8. The Kier molecular flexibility index (Phi) is 7.80. The fourth-order valence-electron chi connectivity index (χ4n) is 10.5. The Morgan fingerprint density at radius 3 is 1.39 bits per heavy atom. The van der Waals surface area contributed by atoms with Crippen LogP contribution in [0, 0.1) is 0 Å². The Labute approximate surface area is 336 Å². The van der Waals surface area contributed by atoms with Gasteiger partial charge in [-0.2, -0.15) is 0 Å². The molecule has 57 heavy (non-hydrogen) atoms. The molecule has 8 aromatic rings. The molecule has 1 fully saturated rings. The normalized spacial score (nSPS) is 15.5. The van der Waals surface area contributed by atoms with Gasteiger partial charge in [-0.1, -0.05) is 191 Å². The minimum Gasteiger partial charge on any atom is -0.243 e. The molecule has 2 heteroatoms. The van der Waals surface area contributed by atoms with Crippen molar-refractivity contribution in [3.8, 4) is 78.4 Å². The molecule has 2 nitrogen and oxygen atoms in total. The van der Waals surface area contributed by atoms with Gasteiger partial charge in [-0.15, -0.1) is 0 Å². The third kappa shape index (κ3) is 5.23. The molecule has 7 aromatic carbocycles. The van der Waals surface area contributed by atoms with Crippen LogP contribution in [0.1, 0.15) is 68.2 Å². The third-order valence-corrected chi connectivity index (χ3v) is 13.3. The van der Waals surface area contributed by atoms with Crippen molar-refractivity contribution < 1.29 is 0 Å². The first-order valence-corrected chi connectivity index (χ1v) is 20.6. The van der Waals surface area contributed by atoms with Crippen LogP contribution in [0.4, 0.5) is 0 Å². The van der Waals surface area contributed by atoms with Crippen LogP contribution in [-0.2, 0) is 10.8 Å². The number of nitrogens with zero attached hydrogens (tertiary/aromatic N) is 2. The largest absolute Gasteiger partial charge is 0.243 e. The molecule has 0 N–H and O–H groups in total. The number of aromatic nitrogens is 2. The summed E-state index contributed by atoms with van der Waals surface area (Å²) in [5, 5.41) is 0. The van der Waals surface area contributed by atoms with Crippen molar-refractivity contribution in [3.63, 3.8) is 0 Å². The number of hydrogen-bond donors (Lipinski definition) is 0. The third-order valence-electron chi connectivity index (χ3n) is 13.3. The molecule has 0 radical (unpaired) electrons. The molecule has 1 saturated carbocycles. The standard InChI is InChI=1S/C55H44N2/c1-54(2)45-26-14-13-24-42(45)43-34-48-44(35-47(43)54)49-41(25-17-27-46(49)55(48)32-15-6-16-33-55)36-28-30-40(31-29-36)53-52(39-22-11-5-12-23-39)56-50(37-18-7-3-8-19-37)51(57-53)38-20-9-4-10-21-38/h3-5,7-14,17-31,34-35H,6,15-16,32-33H2,1-2H3. The van der Waals surface area contributed by atoms with Gasteiger partial charge in [0.05, 0.1) is 22.8 Å².